The Labute approximate surface area is 139 Å². The van der Waals surface area contributed by atoms with Crippen molar-refractivity contribution in [2.45, 2.75) is 26.7 Å². The van der Waals surface area contributed by atoms with Crippen LogP contribution in [0, 0.1) is 6.92 Å². The van der Waals surface area contributed by atoms with Gasteiger partial charge in [0.2, 0.25) is 0 Å². The smallest absolute Gasteiger partial charge is 0.106 e. The molecule has 4 heteroatoms. The maximum atomic E-state index is 5.83. The number of thiocarbonyl (C=S) groups is 1. The van der Waals surface area contributed by atoms with Crippen LogP contribution in [0.4, 0.5) is 11.4 Å². The van der Waals surface area contributed by atoms with Crippen molar-refractivity contribution in [1.82, 2.24) is 0 Å². The van der Waals surface area contributed by atoms with Crippen molar-refractivity contribution in [3.8, 4) is 0 Å². The number of halogens is 1. The summed E-state index contributed by atoms with van der Waals surface area (Å²) < 4.78 is 0.990. The van der Waals surface area contributed by atoms with E-state index in [1.807, 2.05) is 18.2 Å². The fourth-order valence-corrected chi connectivity index (χ4v) is 2.85. The van der Waals surface area contributed by atoms with Crippen molar-refractivity contribution in [3.05, 3.63) is 57.6 Å². The summed E-state index contributed by atoms with van der Waals surface area (Å²) in [4.78, 5) is 0.393. The number of benzene rings is 2. The van der Waals surface area contributed by atoms with Crippen molar-refractivity contribution < 1.29 is 0 Å². The van der Waals surface area contributed by atoms with E-state index in [1.54, 1.807) is 0 Å². The summed E-state index contributed by atoms with van der Waals surface area (Å²) in [5, 5.41) is 3.52. The summed E-state index contributed by atoms with van der Waals surface area (Å²) in [7, 11) is 0. The number of para-hydroxylation sites is 1. The van der Waals surface area contributed by atoms with Crippen LogP contribution >= 0.6 is 28.1 Å². The van der Waals surface area contributed by atoms with Crippen molar-refractivity contribution in [2.75, 3.05) is 5.32 Å². The summed E-state index contributed by atoms with van der Waals surface area (Å²) in [6.07, 6.45) is 0. The van der Waals surface area contributed by atoms with E-state index < -0.39 is 0 Å². The third-order valence-electron chi connectivity index (χ3n) is 3.43. The van der Waals surface area contributed by atoms with E-state index in [4.69, 9.17) is 18.0 Å². The second kappa shape index (κ2) is 6.58. The topological polar surface area (TPSA) is 38.0 Å². The summed E-state index contributed by atoms with van der Waals surface area (Å²) in [5.41, 5.74) is 11.2. The Bertz CT molecular complexity index is 680. The molecule has 2 nitrogen and oxygen atoms in total. The summed E-state index contributed by atoms with van der Waals surface area (Å²) in [5.74, 6) is 0.438. The molecule has 3 N–H and O–H groups in total. The van der Waals surface area contributed by atoms with Crippen molar-refractivity contribution in [1.29, 1.82) is 0 Å². The number of anilines is 2. The molecule has 0 amide bonds. The molecule has 21 heavy (non-hydrogen) atoms. The van der Waals surface area contributed by atoms with E-state index in [2.05, 4.69) is 60.2 Å². The van der Waals surface area contributed by atoms with Gasteiger partial charge in [-0.3, -0.25) is 0 Å². The number of hydrogen-bond acceptors (Lipinski definition) is 2. The number of nitrogens with two attached hydrogens (primary N) is 1. The Morgan fingerprint density at radius 1 is 1.24 bits per heavy atom. The molecule has 110 valence electrons. The second-order valence-corrected chi connectivity index (χ2v) is 6.73. The first-order valence-electron chi connectivity index (χ1n) is 6.86. The Morgan fingerprint density at radius 3 is 2.57 bits per heavy atom. The number of hydrogen-bond donors (Lipinski definition) is 2. The van der Waals surface area contributed by atoms with Crippen LogP contribution in [-0.4, -0.2) is 4.99 Å². The van der Waals surface area contributed by atoms with Gasteiger partial charge in [0, 0.05) is 21.4 Å². The molecular weight excluding hydrogens is 344 g/mol. The molecule has 0 aromatic heterocycles. The lowest BCUT2D eigenvalue weighted by Crippen LogP contribution is -2.12. The minimum Gasteiger partial charge on any atom is -0.389 e. The lowest BCUT2D eigenvalue weighted by molar-refractivity contribution is 0.867. The van der Waals surface area contributed by atoms with Gasteiger partial charge in [0.05, 0.1) is 0 Å². The molecule has 2 aromatic rings. The van der Waals surface area contributed by atoms with E-state index in [0.29, 0.717) is 10.9 Å². The van der Waals surface area contributed by atoms with E-state index in [-0.39, 0.29) is 0 Å². The molecule has 0 unspecified atom stereocenters. The Kier molecular flexibility index (Phi) is 5.01. The molecule has 0 aliphatic rings. The van der Waals surface area contributed by atoms with Crippen molar-refractivity contribution in [2.24, 2.45) is 5.73 Å². The molecule has 2 rings (SSSR count). The second-order valence-electron chi connectivity index (χ2n) is 5.37. The first-order chi connectivity index (χ1) is 9.90. The summed E-state index contributed by atoms with van der Waals surface area (Å²) in [6.45, 7) is 6.48. The molecule has 0 bridgehead atoms. The molecule has 0 atom stereocenters. The number of rotatable bonds is 4. The van der Waals surface area contributed by atoms with E-state index >= 15 is 0 Å². The maximum absolute atomic E-state index is 5.83. The lowest BCUT2D eigenvalue weighted by atomic mass is 9.97. The van der Waals surface area contributed by atoms with Crippen molar-refractivity contribution >= 4 is 44.5 Å². The van der Waals surface area contributed by atoms with Crippen LogP contribution in [0.25, 0.3) is 0 Å². The van der Waals surface area contributed by atoms with Gasteiger partial charge in [-0.1, -0.05) is 60.2 Å². The fourth-order valence-electron chi connectivity index (χ4n) is 2.31. The average molecular weight is 363 g/mol. The molecule has 2 aromatic carbocycles. The molecule has 0 aliphatic heterocycles. The van der Waals surface area contributed by atoms with Gasteiger partial charge < -0.3 is 11.1 Å². The third kappa shape index (κ3) is 3.63. The van der Waals surface area contributed by atoms with E-state index in [1.165, 1.54) is 11.1 Å². The zero-order valence-corrected chi connectivity index (χ0v) is 14.8. The van der Waals surface area contributed by atoms with E-state index in [0.717, 1.165) is 21.4 Å². The highest BCUT2D eigenvalue weighted by molar-refractivity contribution is 9.10. The van der Waals surface area contributed by atoms with Gasteiger partial charge in [0.1, 0.15) is 4.99 Å². The highest BCUT2D eigenvalue weighted by Crippen LogP contribution is 2.32. The van der Waals surface area contributed by atoms with Gasteiger partial charge >= 0.3 is 0 Å². The SMILES string of the molecule is Cc1cccc(C(C)C)c1Nc1cc(Br)ccc1C(N)=S. The first kappa shape index (κ1) is 16.0. The summed E-state index contributed by atoms with van der Waals surface area (Å²) >= 11 is 8.65. The summed E-state index contributed by atoms with van der Waals surface area (Å²) in [6, 6.07) is 12.2. The standard InChI is InChI=1S/C17H19BrN2S/c1-10(2)13-6-4-5-11(3)16(13)20-15-9-12(18)7-8-14(15)17(19)21/h4-10,20H,1-3H3,(H2,19,21). The minimum absolute atomic E-state index is 0.393. The van der Waals surface area contributed by atoms with Crippen LogP contribution in [0.5, 0.6) is 0 Å². The normalized spacial score (nSPS) is 10.7. The molecule has 0 aliphatic carbocycles. The zero-order chi connectivity index (χ0) is 15.6. The van der Waals surface area contributed by atoms with Crippen LogP contribution in [-0.2, 0) is 0 Å². The van der Waals surface area contributed by atoms with Crippen molar-refractivity contribution in [3.63, 3.8) is 0 Å². The van der Waals surface area contributed by atoms with Gasteiger partial charge in [-0.05, 0) is 42.2 Å². The molecule has 0 spiro atoms. The number of nitrogens with one attached hydrogen (secondary N) is 1. The van der Waals surface area contributed by atoms with Gasteiger partial charge in [-0.25, -0.2) is 0 Å². The lowest BCUT2D eigenvalue weighted by Gasteiger charge is -2.19. The molecule has 0 fully saturated rings. The Hall–Kier alpha value is -1.39. The number of aryl methyl sites for hydroxylation is 1. The highest BCUT2D eigenvalue weighted by atomic mass is 79.9. The maximum Gasteiger partial charge on any atom is 0.106 e. The molecule has 0 heterocycles. The van der Waals surface area contributed by atoms with Crippen LogP contribution in [0.15, 0.2) is 40.9 Å². The van der Waals surface area contributed by atoms with Crippen LogP contribution in [0.1, 0.15) is 36.5 Å². The first-order valence-corrected chi connectivity index (χ1v) is 8.06. The minimum atomic E-state index is 0.393. The quantitative estimate of drug-likeness (QED) is 0.728. The zero-order valence-electron chi connectivity index (χ0n) is 12.4. The predicted octanol–water partition coefficient (Wildman–Crippen LogP) is 5.26. The average Bonchev–Trinajstić information content (AvgIpc) is 2.40. The van der Waals surface area contributed by atoms with Gasteiger partial charge in [0.25, 0.3) is 0 Å². The Morgan fingerprint density at radius 2 is 1.95 bits per heavy atom. The van der Waals surface area contributed by atoms with Gasteiger partial charge in [0.15, 0.2) is 0 Å². The fraction of sp³-hybridized carbons (Fsp3) is 0.235. The van der Waals surface area contributed by atoms with Crippen LogP contribution < -0.4 is 11.1 Å². The van der Waals surface area contributed by atoms with Crippen LogP contribution in [0.3, 0.4) is 0 Å². The van der Waals surface area contributed by atoms with E-state index in [9.17, 15) is 0 Å². The van der Waals surface area contributed by atoms with Gasteiger partial charge in [-0.2, -0.15) is 0 Å². The molecule has 0 saturated heterocycles. The predicted molar refractivity (Wildman–Crippen MR) is 98.6 cm³/mol. The van der Waals surface area contributed by atoms with Crippen LogP contribution in [0.2, 0.25) is 0 Å². The highest BCUT2D eigenvalue weighted by Gasteiger charge is 2.12. The monoisotopic (exact) mass is 362 g/mol. The Balaban J connectivity index is 2.53. The molecule has 0 saturated carbocycles. The largest absolute Gasteiger partial charge is 0.389 e. The van der Waals surface area contributed by atoms with Gasteiger partial charge in [-0.15, -0.1) is 0 Å². The molecule has 0 radical (unpaired) electrons. The third-order valence-corrected chi connectivity index (χ3v) is 4.15. The molecular formula is C17H19BrN2S.